The lowest BCUT2D eigenvalue weighted by Crippen LogP contribution is -2.49. The monoisotopic (exact) mass is 268 g/mol. The second-order valence-electron chi connectivity index (χ2n) is 5.44. The Kier molecular flexibility index (Phi) is 5.30. The third kappa shape index (κ3) is 5.26. The minimum Gasteiger partial charge on any atom is -0.492 e. The van der Waals surface area contributed by atoms with E-state index in [1.807, 2.05) is 20.8 Å². The number of hydrogen-bond donors (Lipinski definition) is 2. The highest BCUT2D eigenvalue weighted by Gasteiger charge is 2.26. The van der Waals surface area contributed by atoms with Crippen molar-refractivity contribution < 1.29 is 13.9 Å². The number of rotatable bonds is 5. The molecule has 19 heavy (non-hydrogen) atoms. The second kappa shape index (κ2) is 6.52. The van der Waals surface area contributed by atoms with Gasteiger partial charge in [0.15, 0.2) is 0 Å². The largest absolute Gasteiger partial charge is 0.492 e. The highest BCUT2D eigenvalue weighted by molar-refractivity contribution is 5.82. The van der Waals surface area contributed by atoms with E-state index in [4.69, 9.17) is 10.5 Å². The maximum absolute atomic E-state index is 12.9. The molecule has 0 fully saturated rings. The van der Waals surface area contributed by atoms with Crippen molar-refractivity contribution >= 4 is 5.91 Å². The summed E-state index contributed by atoms with van der Waals surface area (Å²) in [7, 11) is 0. The molecular formula is C14H21FN2O2. The van der Waals surface area contributed by atoms with Crippen LogP contribution in [0.15, 0.2) is 24.3 Å². The lowest BCUT2D eigenvalue weighted by atomic mass is 9.87. The van der Waals surface area contributed by atoms with Crippen molar-refractivity contribution in [3.8, 4) is 5.75 Å². The maximum Gasteiger partial charge on any atom is 0.237 e. The Bertz CT molecular complexity index is 430. The van der Waals surface area contributed by atoms with E-state index in [1.165, 1.54) is 12.1 Å². The smallest absolute Gasteiger partial charge is 0.237 e. The predicted octanol–water partition coefficient (Wildman–Crippen LogP) is 1.69. The average Bonchev–Trinajstić information content (AvgIpc) is 2.32. The molecule has 1 atom stereocenters. The zero-order valence-electron chi connectivity index (χ0n) is 11.6. The van der Waals surface area contributed by atoms with Crippen molar-refractivity contribution in [2.45, 2.75) is 26.8 Å². The molecule has 0 unspecified atom stereocenters. The van der Waals surface area contributed by atoms with E-state index in [9.17, 15) is 9.18 Å². The van der Waals surface area contributed by atoms with Gasteiger partial charge in [-0.15, -0.1) is 0 Å². The standard InChI is InChI=1S/C14H21FN2O2/c1-14(2,3)12(16)13(18)17-7-8-19-11-6-4-5-10(15)9-11/h4-6,9,12H,7-8,16H2,1-3H3,(H,17,18)/t12-/m1/s1. The van der Waals surface area contributed by atoms with E-state index < -0.39 is 6.04 Å². The first-order chi connectivity index (χ1) is 8.80. The maximum atomic E-state index is 12.9. The van der Waals surface area contributed by atoms with E-state index in [-0.39, 0.29) is 23.7 Å². The van der Waals surface area contributed by atoms with Crippen LogP contribution in [0.4, 0.5) is 4.39 Å². The first-order valence-corrected chi connectivity index (χ1v) is 6.22. The Morgan fingerprint density at radius 2 is 2.16 bits per heavy atom. The van der Waals surface area contributed by atoms with Gasteiger partial charge in [0.1, 0.15) is 18.2 Å². The Labute approximate surface area is 113 Å². The van der Waals surface area contributed by atoms with Gasteiger partial charge in [-0.05, 0) is 17.5 Å². The number of carbonyl (C=O) groups excluding carboxylic acids is 1. The van der Waals surface area contributed by atoms with E-state index in [1.54, 1.807) is 12.1 Å². The summed E-state index contributed by atoms with van der Waals surface area (Å²) < 4.78 is 18.2. The van der Waals surface area contributed by atoms with Crippen LogP contribution in [0.2, 0.25) is 0 Å². The SMILES string of the molecule is CC(C)(C)[C@H](N)C(=O)NCCOc1cccc(F)c1. The summed E-state index contributed by atoms with van der Waals surface area (Å²) in [5.41, 5.74) is 5.52. The third-order valence-corrected chi connectivity index (χ3v) is 2.68. The third-order valence-electron chi connectivity index (χ3n) is 2.68. The molecule has 3 N–H and O–H groups in total. The van der Waals surface area contributed by atoms with Crippen LogP contribution in [-0.2, 0) is 4.79 Å². The highest BCUT2D eigenvalue weighted by atomic mass is 19.1. The molecule has 1 rings (SSSR count). The van der Waals surface area contributed by atoms with Crippen LogP contribution in [0, 0.1) is 11.2 Å². The van der Waals surface area contributed by atoms with Gasteiger partial charge in [-0.2, -0.15) is 0 Å². The van der Waals surface area contributed by atoms with Crippen molar-refractivity contribution in [1.82, 2.24) is 5.32 Å². The summed E-state index contributed by atoms with van der Waals surface area (Å²) in [6.07, 6.45) is 0. The van der Waals surface area contributed by atoms with Gasteiger partial charge in [0.25, 0.3) is 0 Å². The van der Waals surface area contributed by atoms with E-state index in [0.717, 1.165) is 0 Å². The average molecular weight is 268 g/mol. The van der Waals surface area contributed by atoms with Crippen LogP contribution < -0.4 is 15.8 Å². The van der Waals surface area contributed by atoms with Crippen molar-refractivity contribution in [1.29, 1.82) is 0 Å². The first kappa shape index (κ1) is 15.4. The number of nitrogens with two attached hydrogens (primary N) is 1. The van der Waals surface area contributed by atoms with Gasteiger partial charge in [0.2, 0.25) is 5.91 Å². The van der Waals surface area contributed by atoms with Crippen LogP contribution in [0.1, 0.15) is 20.8 Å². The zero-order chi connectivity index (χ0) is 14.5. The number of ether oxygens (including phenoxy) is 1. The summed E-state index contributed by atoms with van der Waals surface area (Å²) >= 11 is 0. The lowest BCUT2D eigenvalue weighted by molar-refractivity contribution is -0.124. The van der Waals surface area contributed by atoms with E-state index in [2.05, 4.69) is 5.32 Å². The molecule has 4 nitrogen and oxygen atoms in total. The molecule has 1 amide bonds. The molecule has 0 saturated carbocycles. The Morgan fingerprint density at radius 1 is 1.47 bits per heavy atom. The number of hydrogen-bond acceptors (Lipinski definition) is 3. The Morgan fingerprint density at radius 3 is 2.74 bits per heavy atom. The Balaban J connectivity index is 2.30. The second-order valence-corrected chi connectivity index (χ2v) is 5.44. The molecule has 0 heterocycles. The van der Waals surface area contributed by atoms with Crippen LogP contribution in [0.25, 0.3) is 0 Å². The van der Waals surface area contributed by atoms with Crippen molar-refractivity contribution in [3.05, 3.63) is 30.1 Å². The summed E-state index contributed by atoms with van der Waals surface area (Å²) in [5, 5.41) is 2.69. The number of nitrogens with one attached hydrogen (secondary N) is 1. The van der Waals surface area contributed by atoms with Crippen LogP contribution in [0.5, 0.6) is 5.75 Å². The molecule has 0 saturated heterocycles. The van der Waals surface area contributed by atoms with Gasteiger partial charge >= 0.3 is 0 Å². The van der Waals surface area contributed by atoms with Crippen LogP contribution in [-0.4, -0.2) is 25.1 Å². The molecule has 5 heteroatoms. The van der Waals surface area contributed by atoms with Crippen molar-refractivity contribution in [3.63, 3.8) is 0 Å². The number of amides is 1. The minimum atomic E-state index is -0.568. The molecular weight excluding hydrogens is 247 g/mol. The summed E-state index contributed by atoms with van der Waals surface area (Å²) in [6, 6.07) is 5.30. The van der Waals surface area contributed by atoms with Crippen LogP contribution >= 0.6 is 0 Å². The van der Waals surface area contributed by atoms with E-state index in [0.29, 0.717) is 12.3 Å². The van der Waals surface area contributed by atoms with Gasteiger partial charge < -0.3 is 15.8 Å². The Hall–Kier alpha value is -1.62. The summed E-state index contributed by atoms with van der Waals surface area (Å²) in [4.78, 5) is 11.7. The molecule has 0 aliphatic heterocycles. The van der Waals surface area contributed by atoms with Crippen LogP contribution in [0.3, 0.4) is 0 Å². The van der Waals surface area contributed by atoms with Gasteiger partial charge in [-0.3, -0.25) is 4.79 Å². The molecule has 0 bridgehead atoms. The summed E-state index contributed by atoms with van der Waals surface area (Å²) in [5.74, 6) is -0.124. The van der Waals surface area contributed by atoms with Crippen molar-refractivity contribution in [2.24, 2.45) is 11.1 Å². The fourth-order valence-electron chi connectivity index (χ4n) is 1.40. The molecule has 0 radical (unpaired) electrons. The van der Waals surface area contributed by atoms with Gasteiger partial charge in [0, 0.05) is 6.07 Å². The van der Waals surface area contributed by atoms with E-state index >= 15 is 0 Å². The minimum absolute atomic E-state index is 0.213. The number of benzene rings is 1. The molecule has 0 aromatic heterocycles. The lowest BCUT2D eigenvalue weighted by Gasteiger charge is -2.25. The zero-order valence-corrected chi connectivity index (χ0v) is 11.6. The fourth-order valence-corrected chi connectivity index (χ4v) is 1.40. The summed E-state index contributed by atoms with van der Waals surface area (Å²) in [6.45, 7) is 6.31. The highest BCUT2D eigenvalue weighted by Crippen LogP contribution is 2.17. The molecule has 1 aromatic carbocycles. The molecule has 0 aliphatic rings. The fraction of sp³-hybridized carbons (Fsp3) is 0.500. The number of carbonyl (C=O) groups is 1. The van der Waals surface area contributed by atoms with Gasteiger partial charge in [-0.25, -0.2) is 4.39 Å². The number of halogens is 1. The topological polar surface area (TPSA) is 64.4 Å². The molecule has 0 aliphatic carbocycles. The first-order valence-electron chi connectivity index (χ1n) is 6.22. The predicted molar refractivity (Wildman–Crippen MR) is 72.3 cm³/mol. The van der Waals surface area contributed by atoms with Crippen molar-refractivity contribution in [2.75, 3.05) is 13.2 Å². The van der Waals surface area contributed by atoms with Gasteiger partial charge in [0.05, 0.1) is 12.6 Å². The molecule has 106 valence electrons. The van der Waals surface area contributed by atoms with Gasteiger partial charge in [-0.1, -0.05) is 26.8 Å². The molecule has 0 spiro atoms. The normalized spacial score (nSPS) is 12.9. The molecule has 1 aromatic rings. The quantitative estimate of drug-likeness (QED) is 0.799.